The lowest BCUT2D eigenvalue weighted by Crippen LogP contribution is -2.17. The van der Waals surface area contributed by atoms with Crippen molar-refractivity contribution < 1.29 is 9.53 Å². The van der Waals surface area contributed by atoms with Crippen molar-refractivity contribution in [3.8, 4) is 6.07 Å². The lowest BCUT2D eigenvalue weighted by atomic mass is 10.3. The topological polar surface area (TPSA) is 81.0 Å². The number of hydrogen-bond donors (Lipinski definition) is 1. The number of esters is 1. The van der Waals surface area contributed by atoms with Crippen LogP contribution in [0, 0.1) is 11.3 Å². The highest BCUT2D eigenvalue weighted by molar-refractivity contribution is 5.90. The van der Waals surface area contributed by atoms with Crippen LogP contribution in [0.1, 0.15) is 16.1 Å². The van der Waals surface area contributed by atoms with Crippen LogP contribution in [0.15, 0.2) is 12.3 Å². The molecule has 5 heteroatoms. The van der Waals surface area contributed by atoms with Crippen LogP contribution in [-0.2, 0) is 4.74 Å². The van der Waals surface area contributed by atoms with Crippen molar-refractivity contribution in [2.45, 2.75) is 0 Å². The van der Waals surface area contributed by atoms with Crippen molar-refractivity contribution in [1.82, 2.24) is 4.68 Å². The molecule has 62 valence electrons. The monoisotopic (exact) mass is 165 g/mol. The number of carbonyl (C=O) groups is 1. The van der Waals surface area contributed by atoms with Gasteiger partial charge < -0.3 is 10.6 Å². The number of rotatable bonds is 1. The first-order valence-electron chi connectivity index (χ1n) is 3.15. The molecule has 0 saturated heterocycles. The zero-order valence-electron chi connectivity index (χ0n) is 6.44. The van der Waals surface area contributed by atoms with E-state index in [0.717, 1.165) is 4.68 Å². The molecular weight excluding hydrogens is 158 g/mol. The lowest BCUT2D eigenvalue weighted by Gasteiger charge is -2.00. The molecule has 2 N–H and O–H groups in total. The second-order valence-electron chi connectivity index (χ2n) is 2.09. The molecule has 12 heavy (non-hydrogen) atoms. The van der Waals surface area contributed by atoms with Crippen LogP contribution in [0.4, 0.5) is 0 Å². The van der Waals surface area contributed by atoms with Crippen LogP contribution >= 0.6 is 0 Å². The molecule has 1 aromatic heterocycles. The quantitative estimate of drug-likeness (QED) is 0.464. The predicted molar refractivity (Wildman–Crippen MR) is 40.6 cm³/mol. The highest BCUT2D eigenvalue weighted by Gasteiger charge is 2.15. The fourth-order valence-electron chi connectivity index (χ4n) is 0.850. The normalized spacial score (nSPS) is 9.00. The molecule has 0 radical (unpaired) electrons. The molecule has 1 aromatic rings. The average molecular weight is 165 g/mol. The maximum absolute atomic E-state index is 11.0. The maximum atomic E-state index is 11.0. The number of ether oxygens (including phenoxy) is 1. The van der Waals surface area contributed by atoms with Crippen LogP contribution in [0.3, 0.4) is 0 Å². The number of nitriles is 1. The zero-order chi connectivity index (χ0) is 9.14. The molecule has 0 aromatic carbocycles. The molecule has 1 heterocycles. The third-order valence-electron chi connectivity index (χ3n) is 1.41. The standard InChI is InChI=1S/C7H7N3O2/c1-12-7(11)6-5(4-8)2-3-10(6)9/h2-3H,9H2,1H3. The summed E-state index contributed by atoms with van der Waals surface area (Å²) in [5.74, 6) is 4.75. The Morgan fingerprint density at radius 1 is 1.83 bits per heavy atom. The molecule has 0 unspecified atom stereocenters. The summed E-state index contributed by atoms with van der Waals surface area (Å²) in [5, 5.41) is 8.55. The molecule has 0 fully saturated rings. The molecule has 0 amide bonds. The number of nitrogens with zero attached hydrogens (tertiary/aromatic N) is 2. The van der Waals surface area contributed by atoms with E-state index in [4.69, 9.17) is 11.1 Å². The van der Waals surface area contributed by atoms with E-state index in [1.807, 2.05) is 6.07 Å². The summed E-state index contributed by atoms with van der Waals surface area (Å²) in [5.41, 5.74) is 0.282. The SMILES string of the molecule is COC(=O)c1c(C#N)ccn1N. The van der Waals surface area contributed by atoms with Crippen LogP contribution in [0.2, 0.25) is 0 Å². The number of nitrogen functional groups attached to an aromatic ring is 1. The first-order chi connectivity index (χ1) is 5.70. The summed E-state index contributed by atoms with van der Waals surface area (Å²) in [4.78, 5) is 11.0. The van der Waals surface area contributed by atoms with Gasteiger partial charge >= 0.3 is 5.97 Å². The predicted octanol–water partition coefficient (Wildman–Crippen LogP) is -0.140. The van der Waals surface area contributed by atoms with Crippen LogP contribution in [-0.4, -0.2) is 17.8 Å². The minimum absolute atomic E-state index is 0.0694. The van der Waals surface area contributed by atoms with Crippen molar-refractivity contribution in [2.24, 2.45) is 0 Å². The number of nitrogens with two attached hydrogens (primary N) is 1. The van der Waals surface area contributed by atoms with Gasteiger partial charge in [0.25, 0.3) is 0 Å². The molecule has 0 aliphatic heterocycles. The highest BCUT2D eigenvalue weighted by Crippen LogP contribution is 2.07. The van der Waals surface area contributed by atoms with Gasteiger partial charge in [0, 0.05) is 6.20 Å². The molecule has 1 rings (SSSR count). The largest absolute Gasteiger partial charge is 0.464 e. The van der Waals surface area contributed by atoms with Crippen molar-refractivity contribution in [1.29, 1.82) is 5.26 Å². The van der Waals surface area contributed by atoms with E-state index in [2.05, 4.69) is 4.74 Å². The minimum atomic E-state index is -0.612. The molecule has 0 aliphatic carbocycles. The van der Waals surface area contributed by atoms with Gasteiger partial charge in [-0.1, -0.05) is 0 Å². The van der Waals surface area contributed by atoms with Crippen molar-refractivity contribution in [3.63, 3.8) is 0 Å². The fraction of sp³-hybridized carbons (Fsp3) is 0.143. The van der Waals surface area contributed by atoms with E-state index in [1.165, 1.54) is 19.4 Å². The van der Waals surface area contributed by atoms with Gasteiger partial charge in [-0.05, 0) is 6.07 Å². The Labute approximate surface area is 68.9 Å². The Bertz CT molecular complexity index is 348. The van der Waals surface area contributed by atoms with Gasteiger partial charge in [0.05, 0.1) is 12.7 Å². The highest BCUT2D eigenvalue weighted by atomic mass is 16.5. The summed E-state index contributed by atoms with van der Waals surface area (Å²) in [6.45, 7) is 0. The molecule has 0 atom stereocenters. The van der Waals surface area contributed by atoms with Gasteiger partial charge in [0.2, 0.25) is 0 Å². The molecule has 0 aliphatic rings. The van der Waals surface area contributed by atoms with Crippen LogP contribution < -0.4 is 5.84 Å². The van der Waals surface area contributed by atoms with E-state index < -0.39 is 5.97 Å². The number of aromatic nitrogens is 1. The Balaban J connectivity index is 3.21. The number of methoxy groups -OCH3 is 1. The molecule has 0 bridgehead atoms. The van der Waals surface area contributed by atoms with Gasteiger partial charge in [-0.3, -0.25) is 4.68 Å². The maximum Gasteiger partial charge on any atom is 0.357 e. The Kier molecular flexibility index (Phi) is 2.01. The van der Waals surface area contributed by atoms with Crippen molar-refractivity contribution >= 4 is 5.97 Å². The summed E-state index contributed by atoms with van der Waals surface area (Å²) < 4.78 is 5.49. The van der Waals surface area contributed by atoms with Crippen molar-refractivity contribution in [3.05, 3.63) is 23.5 Å². The number of hydrogen-bond acceptors (Lipinski definition) is 4. The van der Waals surface area contributed by atoms with Crippen LogP contribution in [0.25, 0.3) is 0 Å². The van der Waals surface area contributed by atoms with Gasteiger partial charge in [-0.25, -0.2) is 4.79 Å². The lowest BCUT2D eigenvalue weighted by molar-refractivity contribution is 0.0590. The van der Waals surface area contributed by atoms with E-state index in [9.17, 15) is 4.79 Å². The second-order valence-corrected chi connectivity index (χ2v) is 2.09. The smallest absolute Gasteiger partial charge is 0.357 e. The van der Waals surface area contributed by atoms with Gasteiger partial charge in [0.1, 0.15) is 6.07 Å². The van der Waals surface area contributed by atoms with Gasteiger partial charge in [-0.15, -0.1) is 0 Å². The Morgan fingerprint density at radius 3 is 3.00 bits per heavy atom. The van der Waals surface area contributed by atoms with E-state index >= 15 is 0 Å². The third kappa shape index (κ3) is 1.10. The third-order valence-corrected chi connectivity index (χ3v) is 1.41. The first-order valence-corrected chi connectivity index (χ1v) is 3.15. The fourth-order valence-corrected chi connectivity index (χ4v) is 0.850. The molecule has 0 saturated carbocycles. The number of carbonyl (C=O) groups excluding carboxylic acids is 1. The second kappa shape index (κ2) is 2.96. The van der Waals surface area contributed by atoms with Crippen LogP contribution in [0.5, 0.6) is 0 Å². The summed E-state index contributed by atoms with van der Waals surface area (Å²) in [7, 11) is 1.23. The zero-order valence-corrected chi connectivity index (χ0v) is 6.44. The van der Waals surface area contributed by atoms with E-state index in [0.29, 0.717) is 0 Å². The van der Waals surface area contributed by atoms with E-state index in [-0.39, 0.29) is 11.3 Å². The Morgan fingerprint density at radius 2 is 2.50 bits per heavy atom. The van der Waals surface area contributed by atoms with Crippen molar-refractivity contribution in [2.75, 3.05) is 13.0 Å². The van der Waals surface area contributed by atoms with E-state index in [1.54, 1.807) is 0 Å². The summed E-state index contributed by atoms with van der Waals surface area (Å²) >= 11 is 0. The molecule has 0 spiro atoms. The summed E-state index contributed by atoms with van der Waals surface area (Å²) in [6.07, 6.45) is 1.42. The first kappa shape index (κ1) is 8.14. The van der Waals surface area contributed by atoms with Gasteiger partial charge in [0.15, 0.2) is 5.69 Å². The molecule has 5 nitrogen and oxygen atoms in total. The average Bonchev–Trinajstić information content (AvgIpc) is 2.45. The molecular formula is C7H7N3O2. The Hall–Kier alpha value is -1.96. The summed E-state index contributed by atoms with van der Waals surface area (Å²) in [6, 6.07) is 3.28. The van der Waals surface area contributed by atoms with Gasteiger partial charge in [-0.2, -0.15) is 5.26 Å². The minimum Gasteiger partial charge on any atom is -0.464 e.